The predicted octanol–water partition coefficient (Wildman–Crippen LogP) is 5.42. The number of anilines is 1. The van der Waals surface area contributed by atoms with Crippen molar-refractivity contribution in [2.75, 3.05) is 12.3 Å². The van der Waals surface area contributed by atoms with E-state index in [4.69, 9.17) is 10.5 Å². The second kappa shape index (κ2) is 10.3. The third-order valence-corrected chi connectivity index (χ3v) is 5.24. The van der Waals surface area contributed by atoms with Crippen LogP contribution in [0, 0.1) is 0 Å². The Kier molecular flexibility index (Phi) is 7.53. The molecule has 0 aliphatic heterocycles. The third kappa shape index (κ3) is 6.84. The van der Waals surface area contributed by atoms with Crippen LogP contribution in [-0.4, -0.2) is 22.4 Å². The summed E-state index contributed by atoms with van der Waals surface area (Å²) in [5.74, 6) is 0.802. The number of nitrogens with two attached hydrogens (primary N) is 1. The Morgan fingerprint density at radius 2 is 1.78 bits per heavy atom. The number of halogens is 3. The average molecular weight is 459 g/mol. The monoisotopic (exact) mass is 459 g/mol. The van der Waals surface area contributed by atoms with E-state index < -0.39 is 11.7 Å². The summed E-state index contributed by atoms with van der Waals surface area (Å²) in [4.78, 5) is 20.5. The van der Waals surface area contributed by atoms with Crippen LogP contribution in [0.15, 0.2) is 71.4 Å². The average Bonchev–Trinajstić information content (AvgIpc) is 2.75. The van der Waals surface area contributed by atoms with Crippen LogP contribution in [0.25, 0.3) is 6.08 Å². The summed E-state index contributed by atoms with van der Waals surface area (Å²) in [5.41, 5.74) is 6.92. The SMILES string of the molecule is CC(=O)C(=Cc1ccc(C(F)(F)F)cc1)COc1cc(N)nc(SCc2ccccc2)n1. The number of carbonyl (C=O) groups is 1. The standard InChI is InChI=1S/C23H20F3N3O2S/c1-15(30)18(11-16-7-9-19(10-8-16)23(24,25)26)13-31-21-12-20(27)28-22(29-21)32-14-17-5-3-2-4-6-17/h2-12H,13-14H2,1H3,(H2,27,28,29). The van der Waals surface area contributed by atoms with Gasteiger partial charge in [-0.05, 0) is 36.3 Å². The number of aromatic nitrogens is 2. The number of Topliss-reactive ketones (excluding diaryl/α,β-unsaturated/α-hetero) is 1. The summed E-state index contributed by atoms with van der Waals surface area (Å²) in [6.45, 7) is 1.24. The lowest BCUT2D eigenvalue weighted by molar-refractivity contribution is -0.137. The van der Waals surface area contributed by atoms with Crippen LogP contribution in [0.5, 0.6) is 5.88 Å². The maximum Gasteiger partial charge on any atom is 0.416 e. The van der Waals surface area contributed by atoms with Gasteiger partial charge in [0.1, 0.15) is 12.4 Å². The summed E-state index contributed by atoms with van der Waals surface area (Å²) >= 11 is 1.39. The van der Waals surface area contributed by atoms with E-state index in [-0.39, 0.29) is 29.7 Å². The normalized spacial score (nSPS) is 11.9. The van der Waals surface area contributed by atoms with Gasteiger partial charge in [0, 0.05) is 17.4 Å². The van der Waals surface area contributed by atoms with Gasteiger partial charge in [0.15, 0.2) is 10.9 Å². The fourth-order valence-electron chi connectivity index (χ4n) is 2.65. The van der Waals surface area contributed by atoms with E-state index in [2.05, 4.69) is 9.97 Å². The van der Waals surface area contributed by atoms with Gasteiger partial charge in [-0.1, -0.05) is 54.2 Å². The molecule has 1 heterocycles. The lowest BCUT2D eigenvalue weighted by Crippen LogP contribution is -2.10. The van der Waals surface area contributed by atoms with Crippen molar-refractivity contribution >= 4 is 29.4 Å². The highest BCUT2D eigenvalue weighted by Crippen LogP contribution is 2.29. The van der Waals surface area contributed by atoms with Crippen LogP contribution >= 0.6 is 11.8 Å². The van der Waals surface area contributed by atoms with Gasteiger partial charge in [-0.15, -0.1) is 0 Å². The number of hydrogen-bond donors (Lipinski definition) is 1. The molecule has 0 saturated heterocycles. The first kappa shape index (κ1) is 23.3. The van der Waals surface area contributed by atoms with Crippen LogP contribution in [-0.2, 0) is 16.7 Å². The molecule has 0 atom stereocenters. The molecule has 1 aromatic heterocycles. The molecule has 32 heavy (non-hydrogen) atoms. The van der Waals surface area contributed by atoms with Crippen LogP contribution in [0.3, 0.4) is 0 Å². The number of nitrogens with zero attached hydrogens (tertiary/aromatic N) is 2. The molecule has 0 saturated carbocycles. The van der Waals surface area contributed by atoms with Gasteiger partial charge < -0.3 is 10.5 Å². The van der Waals surface area contributed by atoms with E-state index in [0.717, 1.165) is 17.7 Å². The van der Waals surface area contributed by atoms with E-state index >= 15 is 0 Å². The number of thioether (sulfide) groups is 1. The number of ketones is 1. The molecular formula is C23H20F3N3O2S. The number of ether oxygens (including phenoxy) is 1. The van der Waals surface area contributed by atoms with Crippen LogP contribution in [0.4, 0.5) is 19.0 Å². The van der Waals surface area contributed by atoms with Crippen molar-refractivity contribution in [3.05, 3.63) is 82.9 Å². The van der Waals surface area contributed by atoms with Gasteiger partial charge in [0.05, 0.1) is 5.56 Å². The number of alkyl halides is 3. The molecule has 5 nitrogen and oxygen atoms in total. The Balaban J connectivity index is 1.69. The number of hydrogen-bond acceptors (Lipinski definition) is 6. The number of nitrogen functional groups attached to an aromatic ring is 1. The first-order valence-electron chi connectivity index (χ1n) is 9.53. The zero-order chi connectivity index (χ0) is 23.1. The summed E-state index contributed by atoms with van der Waals surface area (Å²) in [5, 5.41) is 0.431. The van der Waals surface area contributed by atoms with Crippen molar-refractivity contribution < 1.29 is 22.7 Å². The van der Waals surface area contributed by atoms with Crippen LogP contribution in [0.1, 0.15) is 23.6 Å². The van der Waals surface area contributed by atoms with E-state index in [1.807, 2.05) is 30.3 Å². The Bertz CT molecular complexity index is 1100. The molecule has 166 valence electrons. The van der Waals surface area contributed by atoms with Crippen LogP contribution < -0.4 is 10.5 Å². The van der Waals surface area contributed by atoms with Gasteiger partial charge in [-0.2, -0.15) is 18.2 Å². The second-order valence-corrected chi connectivity index (χ2v) is 7.76. The molecule has 0 spiro atoms. The Morgan fingerprint density at radius 1 is 1.09 bits per heavy atom. The molecule has 9 heteroatoms. The van der Waals surface area contributed by atoms with Gasteiger partial charge in [0.2, 0.25) is 5.88 Å². The predicted molar refractivity (Wildman–Crippen MR) is 118 cm³/mol. The first-order valence-corrected chi connectivity index (χ1v) is 10.5. The zero-order valence-electron chi connectivity index (χ0n) is 17.1. The maximum absolute atomic E-state index is 12.7. The molecule has 0 aliphatic rings. The number of rotatable bonds is 8. The first-order chi connectivity index (χ1) is 15.2. The minimum absolute atomic E-state index is 0.115. The van der Waals surface area contributed by atoms with E-state index in [1.54, 1.807) is 0 Å². The third-order valence-electron chi connectivity index (χ3n) is 4.32. The highest BCUT2D eigenvalue weighted by molar-refractivity contribution is 7.98. The molecule has 3 aromatic rings. The molecule has 3 rings (SSSR count). The van der Waals surface area contributed by atoms with Crippen molar-refractivity contribution in [2.45, 2.75) is 24.0 Å². The second-order valence-electron chi connectivity index (χ2n) is 6.82. The Labute approximate surface area is 187 Å². The molecule has 0 amide bonds. The van der Waals surface area contributed by atoms with Crippen molar-refractivity contribution in [1.82, 2.24) is 9.97 Å². The quantitative estimate of drug-likeness (QED) is 0.275. The highest BCUT2D eigenvalue weighted by Gasteiger charge is 2.29. The summed E-state index contributed by atoms with van der Waals surface area (Å²) < 4.78 is 43.8. The van der Waals surface area contributed by atoms with Crippen molar-refractivity contribution in [3.8, 4) is 5.88 Å². The topological polar surface area (TPSA) is 78.1 Å². The van der Waals surface area contributed by atoms with Gasteiger partial charge in [-0.25, -0.2) is 4.98 Å². The molecule has 2 aromatic carbocycles. The van der Waals surface area contributed by atoms with Crippen LogP contribution in [0.2, 0.25) is 0 Å². The zero-order valence-corrected chi connectivity index (χ0v) is 17.9. The number of carbonyl (C=O) groups excluding carboxylic acids is 1. The van der Waals surface area contributed by atoms with Crippen molar-refractivity contribution in [3.63, 3.8) is 0 Å². The minimum atomic E-state index is -4.42. The maximum atomic E-state index is 12.7. The van der Waals surface area contributed by atoms with E-state index in [1.165, 1.54) is 43.0 Å². The van der Waals surface area contributed by atoms with Crippen molar-refractivity contribution in [2.24, 2.45) is 0 Å². The Hall–Kier alpha value is -3.33. The fraction of sp³-hybridized carbons (Fsp3) is 0.174. The minimum Gasteiger partial charge on any atom is -0.472 e. The summed E-state index contributed by atoms with van der Waals surface area (Å²) in [7, 11) is 0. The van der Waals surface area contributed by atoms with Gasteiger partial charge in [0.25, 0.3) is 0 Å². The van der Waals surface area contributed by atoms with E-state index in [9.17, 15) is 18.0 Å². The van der Waals surface area contributed by atoms with E-state index in [0.29, 0.717) is 16.5 Å². The summed E-state index contributed by atoms with van der Waals surface area (Å²) in [6.07, 6.45) is -2.93. The fourth-order valence-corrected chi connectivity index (χ4v) is 3.46. The lowest BCUT2D eigenvalue weighted by Gasteiger charge is -2.10. The molecule has 0 fully saturated rings. The summed E-state index contributed by atoms with van der Waals surface area (Å²) in [6, 6.07) is 15.8. The van der Waals surface area contributed by atoms with Gasteiger partial charge in [-0.3, -0.25) is 4.79 Å². The molecule has 0 radical (unpaired) electrons. The van der Waals surface area contributed by atoms with Gasteiger partial charge >= 0.3 is 6.18 Å². The smallest absolute Gasteiger partial charge is 0.416 e. The molecule has 0 unspecified atom stereocenters. The highest BCUT2D eigenvalue weighted by atomic mass is 32.2. The Morgan fingerprint density at radius 3 is 2.41 bits per heavy atom. The molecule has 0 aliphatic carbocycles. The van der Waals surface area contributed by atoms with Crippen molar-refractivity contribution in [1.29, 1.82) is 0 Å². The molecule has 0 bridgehead atoms. The lowest BCUT2D eigenvalue weighted by atomic mass is 10.1. The number of benzene rings is 2. The largest absolute Gasteiger partial charge is 0.472 e. The molecule has 2 N–H and O–H groups in total. The molecular weight excluding hydrogens is 439 g/mol.